The van der Waals surface area contributed by atoms with Gasteiger partial charge < -0.3 is 11.1 Å². The van der Waals surface area contributed by atoms with Crippen molar-refractivity contribution in [3.05, 3.63) is 11.8 Å². The molecule has 5 heteroatoms. The predicted molar refractivity (Wildman–Crippen MR) is 63.8 cm³/mol. The third kappa shape index (κ3) is 3.25. The summed E-state index contributed by atoms with van der Waals surface area (Å²) in [4.78, 5) is 11.6. The van der Waals surface area contributed by atoms with Gasteiger partial charge in [-0.1, -0.05) is 13.8 Å². The van der Waals surface area contributed by atoms with Gasteiger partial charge >= 0.3 is 0 Å². The molecule has 0 aromatic carbocycles. The Balaban J connectivity index is 2.52. The molecule has 90 valence electrons. The van der Waals surface area contributed by atoms with Crippen molar-refractivity contribution in [3.8, 4) is 0 Å². The van der Waals surface area contributed by atoms with Gasteiger partial charge in [-0.3, -0.25) is 9.48 Å². The van der Waals surface area contributed by atoms with Crippen LogP contribution in [0.2, 0.25) is 0 Å². The Bertz CT molecular complexity index is 351. The summed E-state index contributed by atoms with van der Waals surface area (Å²) in [5.74, 6) is 0.863. The molecule has 1 aromatic heterocycles. The predicted octanol–water partition coefficient (Wildman–Crippen LogP) is 0.934. The fourth-order valence-corrected chi connectivity index (χ4v) is 1.23. The molecule has 1 heterocycles. The summed E-state index contributed by atoms with van der Waals surface area (Å²) in [6.07, 6.45) is 1.77. The summed E-state index contributed by atoms with van der Waals surface area (Å²) in [7, 11) is 0. The third-order valence-corrected chi connectivity index (χ3v) is 2.68. The van der Waals surface area contributed by atoms with Gasteiger partial charge in [-0.2, -0.15) is 5.10 Å². The minimum absolute atomic E-state index is 0.0382. The van der Waals surface area contributed by atoms with E-state index in [-0.39, 0.29) is 18.5 Å². The molecule has 1 rings (SSSR count). The van der Waals surface area contributed by atoms with Gasteiger partial charge in [0.2, 0.25) is 5.91 Å². The maximum atomic E-state index is 11.6. The first-order valence-electron chi connectivity index (χ1n) is 5.49. The van der Waals surface area contributed by atoms with E-state index in [0.717, 1.165) is 5.56 Å². The van der Waals surface area contributed by atoms with Crippen molar-refractivity contribution in [2.75, 3.05) is 5.73 Å². The van der Waals surface area contributed by atoms with E-state index < -0.39 is 0 Å². The minimum Gasteiger partial charge on any atom is -0.382 e. The Labute approximate surface area is 96.0 Å². The van der Waals surface area contributed by atoms with Crippen LogP contribution >= 0.6 is 0 Å². The largest absolute Gasteiger partial charge is 0.382 e. The SMILES string of the molecule is Cc1cn(CC(=O)NC(C)C(C)C)nc1N. The van der Waals surface area contributed by atoms with Crippen LogP contribution in [0, 0.1) is 12.8 Å². The third-order valence-electron chi connectivity index (χ3n) is 2.68. The number of nitrogens with one attached hydrogen (secondary N) is 1. The lowest BCUT2D eigenvalue weighted by atomic mass is 10.1. The van der Waals surface area contributed by atoms with Gasteiger partial charge in [-0.15, -0.1) is 0 Å². The lowest BCUT2D eigenvalue weighted by Crippen LogP contribution is -2.38. The molecule has 0 radical (unpaired) electrons. The second-order valence-electron chi connectivity index (χ2n) is 4.50. The van der Waals surface area contributed by atoms with Gasteiger partial charge in [0, 0.05) is 17.8 Å². The quantitative estimate of drug-likeness (QED) is 0.799. The molecule has 0 aliphatic heterocycles. The average molecular weight is 224 g/mol. The lowest BCUT2D eigenvalue weighted by Gasteiger charge is -2.17. The molecule has 1 amide bonds. The number of hydrogen-bond acceptors (Lipinski definition) is 3. The molecule has 1 atom stereocenters. The van der Waals surface area contributed by atoms with Crippen LogP contribution in [0.5, 0.6) is 0 Å². The molecule has 0 aliphatic rings. The average Bonchev–Trinajstić information content (AvgIpc) is 2.45. The van der Waals surface area contributed by atoms with Crippen LogP contribution in [0.1, 0.15) is 26.3 Å². The Morgan fingerprint density at radius 2 is 2.19 bits per heavy atom. The second-order valence-corrected chi connectivity index (χ2v) is 4.50. The van der Waals surface area contributed by atoms with Crippen LogP contribution in [0.3, 0.4) is 0 Å². The van der Waals surface area contributed by atoms with E-state index in [9.17, 15) is 4.79 Å². The van der Waals surface area contributed by atoms with Crippen LogP contribution in [-0.4, -0.2) is 21.7 Å². The number of aromatic nitrogens is 2. The summed E-state index contributed by atoms with van der Waals surface area (Å²) in [5, 5.41) is 6.95. The van der Waals surface area contributed by atoms with Crippen LogP contribution in [0.4, 0.5) is 5.82 Å². The highest BCUT2D eigenvalue weighted by atomic mass is 16.2. The van der Waals surface area contributed by atoms with E-state index in [1.807, 2.05) is 13.8 Å². The fourth-order valence-electron chi connectivity index (χ4n) is 1.23. The molecule has 1 aromatic rings. The number of carbonyl (C=O) groups is 1. The van der Waals surface area contributed by atoms with Crippen LogP contribution in [0.15, 0.2) is 6.20 Å². The van der Waals surface area contributed by atoms with Gasteiger partial charge in [0.25, 0.3) is 0 Å². The van der Waals surface area contributed by atoms with Crippen molar-refractivity contribution >= 4 is 11.7 Å². The highest BCUT2D eigenvalue weighted by molar-refractivity contribution is 5.76. The maximum Gasteiger partial charge on any atom is 0.241 e. The van der Waals surface area contributed by atoms with Crippen LogP contribution in [-0.2, 0) is 11.3 Å². The molecule has 1 unspecified atom stereocenters. The van der Waals surface area contributed by atoms with Crippen molar-refractivity contribution in [1.29, 1.82) is 0 Å². The molecule has 0 bridgehead atoms. The van der Waals surface area contributed by atoms with Gasteiger partial charge in [-0.05, 0) is 19.8 Å². The van der Waals surface area contributed by atoms with Gasteiger partial charge in [-0.25, -0.2) is 0 Å². The summed E-state index contributed by atoms with van der Waals surface area (Å²) in [5.41, 5.74) is 6.50. The highest BCUT2D eigenvalue weighted by Crippen LogP contribution is 2.06. The lowest BCUT2D eigenvalue weighted by molar-refractivity contribution is -0.122. The number of anilines is 1. The molecule has 0 aliphatic carbocycles. The van der Waals surface area contributed by atoms with Crippen LogP contribution < -0.4 is 11.1 Å². The molecule has 0 spiro atoms. The molecule has 5 nitrogen and oxygen atoms in total. The molecule has 0 saturated heterocycles. The van der Waals surface area contributed by atoms with Crippen molar-refractivity contribution in [1.82, 2.24) is 15.1 Å². The van der Waals surface area contributed by atoms with Crippen molar-refractivity contribution in [2.45, 2.75) is 40.3 Å². The monoisotopic (exact) mass is 224 g/mol. The minimum atomic E-state index is -0.0382. The zero-order valence-corrected chi connectivity index (χ0v) is 10.3. The van der Waals surface area contributed by atoms with E-state index in [1.54, 1.807) is 10.9 Å². The van der Waals surface area contributed by atoms with Crippen molar-refractivity contribution in [3.63, 3.8) is 0 Å². The molecule has 3 N–H and O–H groups in total. The van der Waals surface area contributed by atoms with E-state index in [4.69, 9.17) is 5.73 Å². The second kappa shape index (κ2) is 5.01. The van der Waals surface area contributed by atoms with Crippen LogP contribution in [0.25, 0.3) is 0 Å². The number of nitrogen functional groups attached to an aromatic ring is 1. The molecule has 0 fully saturated rings. The Morgan fingerprint density at radius 1 is 1.56 bits per heavy atom. The number of aryl methyl sites for hydroxylation is 1. The van der Waals surface area contributed by atoms with E-state index >= 15 is 0 Å². The summed E-state index contributed by atoms with van der Waals surface area (Å²) >= 11 is 0. The Kier molecular flexibility index (Phi) is 3.93. The van der Waals surface area contributed by atoms with Gasteiger partial charge in [0.1, 0.15) is 12.4 Å². The Morgan fingerprint density at radius 3 is 2.62 bits per heavy atom. The number of hydrogen-bond donors (Lipinski definition) is 2. The zero-order valence-electron chi connectivity index (χ0n) is 10.3. The molecular formula is C11H20N4O. The first-order chi connectivity index (χ1) is 7.40. The first kappa shape index (κ1) is 12.5. The number of nitrogens with zero attached hydrogens (tertiary/aromatic N) is 2. The first-order valence-corrected chi connectivity index (χ1v) is 5.49. The van der Waals surface area contributed by atoms with E-state index in [1.165, 1.54) is 0 Å². The Hall–Kier alpha value is -1.52. The van der Waals surface area contributed by atoms with E-state index in [0.29, 0.717) is 11.7 Å². The maximum absolute atomic E-state index is 11.6. The topological polar surface area (TPSA) is 72.9 Å². The van der Waals surface area contributed by atoms with E-state index in [2.05, 4.69) is 24.3 Å². The molecule has 16 heavy (non-hydrogen) atoms. The number of nitrogens with two attached hydrogens (primary N) is 1. The van der Waals surface area contributed by atoms with Crippen molar-refractivity contribution < 1.29 is 4.79 Å². The fraction of sp³-hybridized carbons (Fsp3) is 0.636. The normalized spacial score (nSPS) is 12.8. The number of carbonyl (C=O) groups excluding carboxylic acids is 1. The standard InChI is InChI=1S/C11H20N4O/c1-7(2)9(4)13-10(16)6-15-5-8(3)11(12)14-15/h5,7,9H,6H2,1-4H3,(H2,12,14)(H,13,16). The summed E-state index contributed by atoms with van der Waals surface area (Å²) < 4.78 is 1.56. The number of amides is 1. The number of rotatable bonds is 4. The van der Waals surface area contributed by atoms with Gasteiger partial charge in [0.05, 0.1) is 0 Å². The molecule has 0 saturated carbocycles. The molecular weight excluding hydrogens is 204 g/mol. The highest BCUT2D eigenvalue weighted by Gasteiger charge is 2.11. The van der Waals surface area contributed by atoms with Crippen molar-refractivity contribution in [2.24, 2.45) is 5.92 Å². The zero-order chi connectivity index (χ0) is 12.3. The summed E-state index contributed by atoms with van der Waals surface area (Å²) in [6.45, 7) is 8.22. The summed E-state index contributed by atoms with van der Waals surface area (Å²) in [6, 6.07) is 0.168. The van der Waals surface area contributed by atoms with Gasteiger partial charge in [0.15, 0.2) is 0 Å². The smallest absolute Gasteiger partial charge is 0.241 e.